The van der Waals surface area contributed by atoms with Crippen molar-refractivity contribution in [1.29, 1.82) is 0 Å². The summed E-state index contributed by atoms with van der Waals surface area (Å²) in [5.74, 6) is 0. The van der Waals surface area contributed by atoms with Gasteiger partial charge in [0.05, 0.1) is 21.2 Å². The van der Waals surface area contributed by atoms with E-state index in [2.05, 4.69) is 9.97 Å². The second-order valence-corrected chi connectivity index (χ2v) is 6.55. The molecule has 0 bridgehead atoms. The smallest absolute Gasteiger partial charge is 0.282 e. The Morgan fingerprint density at radius 2 is 1.10 bits per heavy atom. The quantitative estimate of drug-likeness (QED) is 0.787. The Bertz CT molecular complexity index is 787. The van der Waals surface area contributed by atoms with Crippen LogP contribution in [0.2, 0.25) is 0 Å². The van der Waals surface area contributed by atoms with Crippen LogP contribution in [0.15, 0.2) is 46.5 Å². The largest absolute Gasteiger partial charge is 0.294 e. The molecule has 0 aliphatic carbocycles. The minimum atomic E-state index is -4.41. The summed E-state index contributed by atoms with van der Waals surface area (Å²) in [5.41, 5.74) is 0.0660. The van der Waals surface area contributed by atoms with Crippen molar-refractivity contribution in [2.24, 2.45) is 0 Å². The summed E-state index contributed by atoms with van der Waals surface area (Å²) in [6.45, 7) is 0. The van der Waals surface area contributed by atoms with Crippen LogP contribution in [0.3, 0.4) is 0 Å². The predicted octanol–water partition coefficient (Wildman–Crippen LogP) is 0.637. The van der Waals surface area contributed by atoms with Gasteiger partial charge in [0.25, 0.3) is 20.2 Å². The molecule has 20 heavy (non-hydrogen) atoms. The van der Waals surface area contributed by atoms with E-state index in [9.17, 15) is 16.8 Å². The molecule has 10 heteroatoms. The minimum absolute atomic E-state index is 0.0330. The SMILES string of the molecule is O=S(=O)(O)c1ccnc(-c2cc(S(=O)(=O)O)ccn2)c1. The minimum Gasteiger partial charge on any atom is -0.282 e. The molecule has 0 aliphatic rings. The van der Waals surface area contributed by atoms with Gasteiger partial charge in [-0.3, -0.25) is 19.1 Å². The van der Waals surface area contributed by atoms with Crippen molar-refractivity contribution in [3.05, 3.63) is 36.7 Å². The van der Waals surface area contributed by atoms with Crippen molar-refractivity contribution in [3.8, 4) is 11.4 Å². The maximum absolute atomic E-state index is 11.0. The van der Waals surface area contributed by atoms with Crippen LogP contribution in [0.1, 0.15) is 0 Å². The first-order valence-electron chi connectivity index (χ1n) is 5.05. The standard InChI is InChI=1S/C10H8N2O6S2/c13-19(14,15)7-1-3-11-9(5-7)10-6-8(2-4-12-10)20(16,17)18/h1-6H,(H,13,14,15)(H,16,17,18). The van der Waals surface area contributed by atoms with Crippen molar-refractivity contribution < 1.29 is 25.9 Å². The molecule has 106 valence electrons. The van der Waals surface area contributed by atoms with E-state index < -0.39 is 30.0 Å². The Kier molecular flexibility index (Phi) is 3.56. The molecule has 8 nitrogen and oxygen atoms in total. The summed E-state index contributed by atoms with van der Waals surface area (Å²) in [6.07, 6.45) is 2.25. The summed E-state index contributed by atoms with van der Waals surface area (Å²) >= 11 is 0. The highest BCUT2D eigenvalue weighted by Crippen LogP contribution is 2.20. The van der Waals surface area contributed by atoms with Crippen LogP contribution in [0.4, 0.5) is 0 Å². The molecule has 2 heterocycles. The summed E-state index contributed by atoms with van der Waals surface area (Å²) in [6, 6.07) is 4.22. The van der Waals surface area contributed by atoms with E-state index in [0.717, 1.165) is 36.7 Å². The lowest BCUT2D eigenvalue weighted by molar-refractivity contribution is 0.480. The van der Waals surface area contributed by atoms with Crippen molar-refractivity contribution >= 4 is 20.2 Å². The molecule has 2 aromatic heterocycles. The summed E-state index contributed by atoms with van der Waals surface area (Å²) < 4.78 is 61.9. The maximum Gasteiger partial charge on any atom is 0.294 e. The molecule has 2 rings (SSSR count). The highest BCUT2D eigenvalue weighted by molar-refractivity contribution is 7.86. The molecule has 0 aliphatic heterocycles. The van der Waals surface area contributed by atoms with Crippen molar-refractivity contribution in [2.75, 3.05) is 0 Å². The maximum atomic E-state index is 11.0. The Balaban J connectivity index is 2.58. The number of aromatic nitrogens is 2. The fourth-order valence-electron chi connectivity index (χ4n) is 1.42. The molecule has 0 amide bonds. The summed E-state index contributed by atoms with van der Waals surface area (Å²) in [7, 11) is -8.81. The second-order valence-electron chi connectivity index (χ2n) is 3.70. The number of pyridine rings is 2. The van der Waals surface area contributed by atoms with Crippen LogP contribution in [-0.2, 0) is 20.2 Å². The molecule has 2 N–H and O–H groups in total. The number of hydrogen-bond donors (Lipinski definition) is 2. The van der Waals surface area contributed by atoms with E-state index in [1.165, 1.54) is 0 Å². The van der Waals surface area contributed by atoms with Crippen molar-refractivity contribution in [2.45, 2.75) is 9.79 Å². The third-order valence-corrected chi connectivity index (χ3v) is 4.02. The lowest BCUT2D eigenvalue weighted by atomic mass is 10.2. The third kappa shape index (κ3) is 3.17. The van der Waals surface area contributed by atoms with Crippen LogP contribution in [0, 0.1) is 0 Å². The normalized spacial score (nSPS) is 12.3. The third-order valence-electron chi connectivity index (χ3n) is 2.32. The first kappa shape index (κ1) is 14.5. The lowest BCUT2D eigenvalue weighted by Gasteiger charge is -2.03. The predicted molar refractivity (Wildman–Crippen MR) is 67.1 cm³/mol. The van der Waals surface area contributed by atoms with E-state index in [0.29, 0.717) is 0 Å². The number of hydrogen-bond acceptors (Lipinski definition) is 6. The van der Waals surface area contributed by atoms with Gasteiger partial charge in [0, 0.05) is 12.4 Å². The lowest BCUT2D eigenvalue weighted by Crippen LogP contribution is -2.01. The van der Waals surface area contributed by atoms with Gasteiger partial charge < -0.3 is 0 Å². The van der Waals surface area contributed by atoms with Crippen LogP contribution < -0.4 is 0 Å². The Labute approximate surface area is 114 Å². The van der Waals surface area contributed by atoms with Crippen LogP contribution >= 0.6 is 0 Å². The molecular formula is C10H8N2O6S2. The van der Waals surface area contributed by atoms with E-state index in [4.69, 9.17) is 9.11 Å². The van der Waals surface area contributed by atoms with E-state index in [1.807, 2.05) is 0 Å². The van der Waals surface area contributed by atoms with Gasteiger partial charge >= 0.3 is 0 Å². The van der Waals surface area contributed by atoms with Gasteiger partial charge in [-0.25, -0.2) is 0 Å². The Morgan fingerprint density at radius 3 is 1.40 bits per heavy atom. The number of rotatable bonds is 3. The fourth-order valence-corrected chi connectivity index (χ4v) is 2.41. The molecule has 0 saturated carbocycles. The highest BCUT2D eigenvalue weighted by atomic mass is 32.2. The molecule has 0 radical (unpaired) electrons. The van der Waals surface area contributed by atoms with E-state index >= 15 is 0 Å². The Morgan fingerprint density at radius 1 is 0.750 bits per heavy atom. The van der Waals surface area contributed by atoms with Crippen LogP contribution in [-0.4, -0.2) is 35.9 Å². The molecule has 0 unspecified atom stereocenters. The van der Waals surface area contributed by atoms with Gasteiger partial charge in [-0.2, -0.15) is 16.8 Å². The zero-order valence-electron chi connectivity index (χ0n) is 9.70. The Hall–Kier alpha value is -1.88. The molecule has 0 spiro atoms. The second kappa shape index (κ2) is 4.90. The van der Waals surface area contributed by atoms with Gasteiger partial charge in [0.2, 0.25) is 0 Å². The van der Waals surface area contributed by atoms with Crippen LogP contribution in [0.5, 0.6) is 0 Å². The van der Waals surface area contributed by atoms with Crippen molar-refractivity contribution in [3.63, 3.8) is 0 Å². The first-order valence-corrected chi connectivity index (χ1v) is 7.93. The number of nitrogens with zero attached hydrogens (tertiary/aromatic N) is 2. The average molecular weight is 316 g/mol. The van der Waals surface area contributed by atoms with Crippen LogP contribution in [0.25, 0.3) is 11.4 Å². The monoisotopic (exact) mass is 316 g/mol. The summed E-state index contributed by atoms with van der Waals surface area (Å²) in [4.78, 5) is 6.86. The van der Waals surface area contributed by atoms with Gasteiger partial charge in [0.15, 0.2) is 0 Å². The van der Waals surface area contributed by atoms with Gasteiger partial charge in [-0.05, 0) is 24.3 Å². The van der Waals surface area contributed by atoms with Gasteiger partial charge in [0.1, 0.15) is 0 Å². The zero-order valence-corrected chi connectivity index (χ0v) is 11.3. The topological polar surface area (TPSA) is 135 Å². The summed E-state index contributed by atoms with van der Waals surface area (Å²) in [5, 5.41) is 0. The van der Waals surface area contributed by atoms with E-state index in [1.54, 1.807) is 0 Å². The molecule has 0 atom stereocenters. The van der Waals surface area contributed by atoms with Gasteiger partial charge in [-0.15, -0.1) is 0 Å². The van der Waals surface area contributed by atoms with Crippen molar-refractivity contribution in [1.82, 2.24) is 9.97 Å². The van der Waals surface area contributed by atoms with E-state index in [-0.39, 0.29) is 11.4 Å². The van der Waals surface area contributed by atoms with Gasteiger partial charge in [-0.1, -0.05) is 0 Å². The molecular weight excluding hydrogens is 308 g/mol. The molecule has 0 saturated heterocycles. The molecule has 0 fully saturated rings. The average Bonchev–Trinajstić information content (AvgIpc) is 2.37. The molecule has 0 aromatic carbocycles. The molecule has 2 aromatic rings. The zero-order chi connectivity index (χ0) is 15.0. The fraction of sp³-hybridized carbons (Fsp3) is 0. The first-order chi connectivity index (χ1) is 9.18. The highest BCUT2D eigenvalue weighted by Gasteiger charge is 2.14.